The molecule has 1 aromatic rings. The minimum Gasteiger partial charge on any atom is -0.396 e. The number of nitrogens with one attached hydrogen (secondary N) is 2. The molecule has 1 aliphatic carbocycles. The smallest absolute Gasteiger partial charge is 0.315 e. The molecule has 0 aromatic carbocycles. The number of aliphatic hydroxyl groups is 1. The molecule has 0 aliphatic heterocycles. The maximum Gasteiger partial charge on any atom is 0.315 e. The Labute approximate surface area is 131 Å². The van der Waals surface area contributed by atoms with Crippen LogP contribution in [0.5, 0.6) is 0 Å². The molecule has 3 atom stereocenters. The number of amides is 2. The zero-order chi connectivity index (χ0) is 15.1. The van der Waals surface area contributed by atoms with Gasteiger partial charge in [0.15, 0.2) is 0 Å². The number of hydrogen-bond acceptors (Lipinski definition) is 3. The van der Waals surface area contributed by atoms with Gasteiger partial charge in [-0.3, -0.25) is 0 Å². The van der Waals surface area contributed by atoms with E-state index in [4.69, 9.17) is 0 Å². The molecule has 1 fully saturated rings. The van der Waals surface area contributed by atoms with E-state index in [9.17, 15) is 9.90 Å². The lowest BCUT2D eigenvalue weighted by molar-refractivity contribution is 0.179. The summed E-state index contributed by atoms with van der Waals surface area (Å²) in [7, 11) is 0. The van der Waals surface area contributed by atoms with Crippen LogP contribution in [0, 0.1) is 5.92 Å². The molecule has 5 heteroatoms. The first-order valence-corrected chi connectivity index (χ1v) is 8.82. The molecule has 118 valence electrons. The van der Waals surface area contributed by atoms with Crippen LogP contribution in [0.4, 0.5) is 4.79 Å². The van der Waals surface area contributed by atoms with E-state index in [0.29, 0.717) is 12.5 Å². The van der Waals surface area contributed by atoms with Gasteiger partial charge in [-0.25, -0.2) is 4.79 Å². The van der Waals surface area contributed by atoms with Crippen molar-refractivity contribution < 1.29 is 9.90 Å². The second-order valence-corrected chi connectivity index (χ2v) is 6.78. The van der Waals surface area contributed by atoms with Gasteiger partial charge in [0.05, 0.1) is 0 Å². The summed E-state index contributed by atoms with van der Waals surface area (Å²) in [6.07, 6.45) is 5.46. The fourth-order valence-electron chi connectivity index (χ4n) is 2.93. The zero-order valence-electron chi connectivity index (χ0n) is 12.7. The molecule has 3 N–H and O–H groups in total. The van der Waals surface area contributed by atoms with Gasteiger partial charge >= 0.3 is 6.03 Å². The van der Waals surface area contributed by atoms with Crippen LogP contribution in [0.25, 0.3) is 0 Å². The van der Waals surface area contributed by atoms with Gasteiger partial charge in [-0.1, -0.05) is 26.2 Å². The van der Waals surface area contributed by atoms with E-state index in [1.165, 1.54) is 12.0 Å². The number of urea groups is 1. The van der Waals surface area contributed by atoms with Crippen LogP contribution in [-0.2, 0) is 0 Å². The highest BCUT2D eigenvalue weighted by Crippen LogP contribution is 2.23. The molecule has 2 rings (SSSR count). The molecule has 2 amide bonds. The van der Waals surface area contributed by atoms with Crippen molar-refractivity contribution in [2.45, 2.75) is 51.0 Å². The van der Waals surface area contributed by atoms with Crippen LogP contribution in [0.3, 0.4) is 0 Å². The highest BCUT2D eigenvalue weighted by atomic mass is 32.1. The highest BCUT2D eigenvalue weighted by molar-refractivity contribution is 7.07. The second-order valence-electron chi connectivity index (χ2n) is 6.00. The summed E-state index contributed by atoms with van der Waals surface area (Å²) in [5.41, 5.74) is 1.27. The summed E-state index contributed by atoms with van der Waals surface area (Å²) >= 11 is 1.68. The first kappa shape index (κ1) is 16.3. The zero-order valence-corrected chi connectivity index (χ0v) is 13.5. The van der Waals surface area contributed by atoms with Gasteiger partial charge in [0.1, 0.15) is 0 Å². The Bertz CT molecular complexity index is 422. The van der Waals surface area contributed by atoms with E-state index in [1.807, 2.05) is 0 Å². The van der Waals surface area contributed by atoms with Crippen LogP contribution in [0.1, 0.15) is 50.5 Å². The van der Waals surface area contributed by atoms with Gasteiger partial charge in [-0.15, -0.1) is 0 Å². The van der Waals surface area contributed by atoms with Crippen molar-refractivity contribution >= 4 is 17.4 Å². The third kappa shape index (κ3) is 5.00. The molecular formula is C16H26N2O2S. The fourth-order valence-corrected chi connectivity index (χ4v) is 3.71. The number of rotatable bonds is 5. The molecule has 21 heavy (non-hydrogen) atoms. The van der Waals surface area contributed by atoms with Gasteiger partial charge < -0.3 is 15.7 Å². The predicted octanol–water partition coefficient (Wildman–Crippen LogP) is 3.09. The fraction of sp³-hybridized carbons (Fsp3) is 0.688. The number of aliphatic hydroxyl groups excluding tert-OH is 1. The molecule has 0 radical (unpaired) electrons. The number of carbonyl (C=O) groups excluding carboxylic acids is 1. The Morgan fingerprint density at radius 2 is 2.24 bits per heavy atom. The molecule has 0 bridgehead atoms. The van der Waals surface area contributed by atoms with Crippen LogP contribution < -0.4 is 10.6 Å². The van der Waals surface area contributed by atoms with Crippen LogP contribution in [-0.4, -0.2) is 30.3 Å². The topological polar surface area (TPSA) is 61.4 Å². The maximum absolute atomic E-state index is 12.1. The maximum atomic E-state index is 12.1. The average molecular weight is 310 g/mol. The first-order valence-electron chi connectivity index (χ1n) is 7.88. The largest absolute Gasteiger partial charge is 0.396 e. The molecule has 0 spiro atoms. The van der Waals surface area contributed by atoms with Crippen LogP contribution >= 0.6 is 11.3 Å². The normalized spacial score (nSPS) is 24.1. The lowest BCUT2D eigenvalue weighted by Crippen LogP contribution is -2.46. The third-order valence-electron chi connectivity index (χ3n) is 4.39. The van der Waals surface area contributed by atoms with Crippen molar-refractivity contribution in [3.05, 3.63) is 22.4 Å². The molecular weight excluding hydrogens is 284 g/mol. The number of carbonyl (C=O) groups is 1. The Morgan fingerprint density at radius 1 is 1.43 bits per heavy atom. The van der Waals surface area contributed by atoms with E-state index in [-0.39, 0.29) is 24.6 Å². The van der Waals surface area contributed by atoms with Crippen molar-refractivity contribution in [1.82, 2.24) is 10.6 Å². The van der Waals surface area contributed by atoms with Gasteiger partial charge in [-0.05, 0) is 41.1 Å². The Morgan fingerprint density at radius 3 is 2.95 bits per heavy atom. The quantitative estimate of drug-likeness (QED) is 0.732. The summed E-state index contributed by atoms with van der Waals surface area (Å²) in [5.74, 6) is 0.525. The minimum absolute atomic E-state index is 0.106. The Kier molecular flexibility index (Phi) is 6.51. The standard InChI is InChI=1S/C16H26N2O2S/c1-12(14-7-8-21-11-14)9-17-16(20)18-15-6-4-2-3-5-13(15)10-19/h7-8,11-13,15,19H,2-6,9-10H2,1H3,(H2,17,18,20). The van der Waals surface area contributed by atoms with Crippen LogP contribution in [0.2, 0.25) is 0 Å². The van der Waals surface area contributed by atoms with E-state index in [1.54, 1.807) is 11.3 Å². The molecule has 4 nitrogen and oxygen atoms in total. The average Bonchev–Trinajstić information content (AvgIpc) is 2.93. The van der Waals surface area contributed by atoms with Crippen molar-refractivity contribution in [1.29, 1.82) is 0 Å². The van der Waals surface area contributed by atoms with Gasteiger partial charge in [-0.2, -0.15) is 11.3 Å². The van der Waals surface area contributed by atoms with E-state index < -0.39 is 0 Å². The number of hydrogen-bond donors (Lipinski definition) is 3. The van der Waals surface area contributed by atoms with E-state index in [2.05, 4.69) is 34.4 Å². The van der Waals surface area contributed by atoms with Gasteiger partial charge in [0.25, 0.3) is 0 Å². The van der Waals surface area contributed by atoms with Crippen molar-refractivity contribution in [2.24, 2.45) is 5.92 Å². The minimum atomic E-state index is -0.109. The lowest BCUT2D eigenvalue weighted by Gasteiger charge is -2.25. The third-order valence-corrected chi connectivity index (χ3v) is 5.09. The first-order chi connectivity index (χ1) is 10.2. The van der Waals surface area contributed by atoms with Gasteiger partial charge in [0, 0.05) is 25.1 Å². The number of thiophene rings is 1. The molecule has 3 unspecified atom stereocenters. The SMILES string of the molecule is CC(CNC(=O)NC1CCCCCC1CO)c1ccsc1. The van der Waals surface area contributed by atoms with E-state index >= 15 is 0 Å². The summed E-state index contributed by atoms with van der Waals surface area (Å²) in [6.45, 7) is 2.92. The van der Waals surface area contributed by atoms with Crippen molar-refractivity contribution in [3.8, 4) is 0 Å². The second kappa shape index (κ2) is 8.39. The highest BCUT2D eigenvalue weighted by Gasteiger charge is 2.24. The van der Waals surface area contributed by atoms with Crippen molar-refractivity contribution in [3.63, 3.8) is 0 Å². The summed E-state index contributed by atoms with van der Waals surface area (Å²) < 4.78 is 0. The lowest BCUT2D eigenvalue weighted by atomic mass is 9.96. The Hall–Kier alpha value is -1.07. The molecule has 0 saturated heterocycles. The predicted molar refractivity (Wildman–Crippen MR) is 86.7 cm³/mol. The summed E-state index contributed by atoms with van der Waals surface area (Å²) in [4.78, 5) is 12.1. The Balaban J connectivity index is 1.77. The molecule has 1 aliphatic rings. The summed E-state index contributed by atoms with van der Waals surface area (Å²) in [5, 5.41) is 19.7. The molecule has 1 aromatic heterocycles. The molecule has 1 heterocycles. The summed E-state index contributed by atoms with van der Waals surface area (Å²) in [6, 6.07) is 2.10. The monoisotopic (exact) mass is 310 g/mol. The van der Waals surface area contributed by atoms with Crippen LogP contribution in [0.15, 0.2) is 16.8 Å². The van der Waals surface area contributed by atoms with Gasteiger partial charge in [0.2, 0.25) is 0 Å². The van der Waals surface area contributed by atoms with Crippen molar-refractivity contribution in [2.75, 3.05) is 13.2 Å². The molecule has 1 saturated carbocycles. The van der Waals surface area contributed by atoms with E-state index in [0.717, 1.165) is 25.7 Å².